The van der Waals surface area contributed by atoms with E-state index in [2.05, 4.69) is 22.5 Å². The number of carbonyl (C=O) groups is 3. The molecule has 0 unspecified atom stereocenters. The number of aryl methyl sites for hydroxylation is 1. The van der Waals surface area contributed by atoms with Gasteiger partial charge in [-0.2, -0.15) is 0 Å². The molecule has 2 aliphatic rings. The highest BCUT2D eigenvalue weighted by molar-refractivity contribution is 6.39. The van der Waals surface area contributed by atoms with Gasteiger partial charge >= 0.3 is 11.8 Å². The number of nitrogens with zero attached hydrogens (tertiary/aromatic N) is 2. The molecule has 8 nitrogen and oxygen atoms in total. The first kappa shape index (κ1) is 19.9. The molecule has 3 amide bonds. The number of piperidine rings is 1. The lowest BCUT2D eigenvalue weighted by Crippen LogP contribution is -2.46. The topological polar surface area (TPSA) is 117 Å². The number of hydrogen-bond donors (Lipinski definition) is 3. The predicted octanol–water partition coefficient (Wildman–Crippen LogP) is 2.41. The van der Waals surface area contributed by atoms with Gasteiger partial charge in [0.1, 0.15) is 5.82 Å². The fourth-order valence-corrected chi connectivity index (χ4v) is 4.26. The minimum absolute atomic E-state index is 0.0523. The Kier molecular flexibility index (Phi) is 5.15. The quantitative estimate of drug-likeness (QED) is 0.661. The molecule has 1 aromatic heterocycles. The first-order valence-electron chi connectivity index (χ1n) is 10.1. The number of amides is 3. The third-order valence-corrected chi connectivity index (χ3v) is 5.83. The van der Waals surface area contributed by atoms with E-state index in [1.807, 2.05) is 18.2 Å². The van der Waals surface area contributed by atoms with Crippen molar-refractivity contribution in [1.82, 2.24) is 9.88 Å². The molecule has 2 aromatic rings. The van der Waals surface area contributed by atoms with E-state index in [1.54, 1.807) is 17.9 Å². The van der Waals surface area contributed by atoms with E-state index in [0.29, 0.717) is 24.5 Å². The molecular weight excluding hydrogens is 382 g/mol. The summed E-state index contributed by atoms with van der Waals surface area (Å²) in [6.07, 6.45) is 3.42. The summed E-state index contributed by atoms with van der Waals surface area (Å²) >= 11 is 0. The molecule has 0 spiro atoms. The average molecular weight is 407 g/mol. The fourth-order valence-electron chi connectivity index (χ4n) is 4.26. The fraction of sp³-hybridized carbons (Fsp3) is 0.364. The Bertz CT molecular complexity index is 1040. The van der Waals surface area contributed by atoms with Gasteiger partial charge in [0.25, 0.3) is 0 Å². The third-order valence-electron chi connectivity index (χ3n) is 5.83. The van der Waals surface area contributed by atoms with Crippen LogP contribution >= 0.6 is 0 Å². The second-order valence-corrected chi connectivity index (χ2v) is 8.13. The van der Waals surface area contributed by atoms with Crippen molar-refractivity contribution in [2.24, 2.45) is 5.92 Å². The number of nitrogens with two attached hydrogens (primary N) is 1. The van der Waals surface area contributed by atoms with E-state index in [4.69, 9.17) is 5.73 Å². The number of likely N-dealkylation sites (tertiary alicyclic amines) is 1. The number of benzene rings is 1. The zero-order valence-corrected chi connectivity index (χ0v) is 17.1. The van der Waals surface area contributed by atoms with E-state index in [0.717, 1.165) is 35.2 Å². The summed E-state index contributed by atoms with van der Waals surface area (Å²) in [5.74, 6) is -0.679. The summed E-state index contributed by atoms with van der Waals surface area (Å²) in [5.41, 5.74) is 9.51. The Labute approximate surface area is 174 Å². The number of pyridine rings is 1. The van der Waals surface area contributed by atoms with Crippen LogP contribution in [0.4, 0.5) is 17.2 Å². The number of rotatable bonds is 2. The number of fused-ring (bicyclic) bond motifs is 1. The molecule has 2 aliphatic heterocycles. The second-order valence-electron chi connectivity index (χ2n) is 8.13. The van der Waals surface area contributed by atoms with Gasteiger partial charge in [0.15, 0.2) is 0 Å². The van der Waals surface area contributed by atoms with E-state index in [1.165, 1.54) is 6.20 Å². The van der Waals surface area contributed by atoms with Crippen LogP contribution in [-0.2, 0) is 20.8 Å². The van der Waals surface area contributed by atoms with Crippen molar-refractivity contribution in [2.45, 2.75) is 39.2 Å². The van der Waals surface area contributed by atoms with Gasteiger partial charge in [-0.1, -0.05) is 19.1 Å². The Hall–Kier alpha value is -3.42. The summed E-state index contributed by atoms with van der Waals surface area (Å²) in [7, 11) is 0. The monoisotopic (exact) mass is 407 g/mol. The largest absolute Gasteiger partial charge is 0.383 e. The van der Waals surface area contributed by atoms with Crippen LogP contribution in [-0.4, -0.2) is 34.2 Å². The van der Waals surface area contributed by atoms with Crippen LogP contribution in [0.2, 0.25) is 0 Å². The smallest absolute Gasteiger partial charge is 0.313 e. The van der Waals surface area contributed by atoms with Crippen LogP contribution in [0, 0.1) is 12.8 Å². The average Bonchev–Trinajstić information content (AvgIpc) is 3.10. The molecule has 156 valence electrons. The summed E-state index contributed by atoms with van der Waals surface area (Å²) in [6.45, 7) is 4.34. The maximum absolute atomic E-state index is 13.1. The highest BCUT2D eigenvalue weighted by Crippen LogP contribution is 2.38. The van der Waals surface area contributed by atoms with E-state index >= 15 is 0 Å². The van der Waals surface area contributed by atoms with Crippen LogP contribution < -0.4 is 16.4 Å². The molecule has 0 saturated carbocycles. The first-order chi connectivity index (χ1) is 14.3. The molecular formula is C22H25N5O3. The Balaban J connectivity index is 1.59. The van der Waals surface area contributed by atoms with Crippen molar-refractivity contribution < 1.29 is 14.4 Å². The summed E-state index contributed by atoms with van der Waals surface area (Å²) in [4.78, 5) is 43.4. The minimum Gasteiger partial charge on any atom is -0.383 e. The van der Waals surface area contributed by atoms with Crippen molar-refractivity contribution in [3.63, 3.8) is 0 Å². The standard InChI is InChI=1S/C22H25N5O3/c1-12-6-7-18(15-4-3-5-17-16(15)9-19(28)26-17)27(11-12)22(30)21(29)25-14-8-13(2)20(23)24-10-14/h3-5,8,10,12,18H,6-7,9,11H2,1-2H3,(H2,23,24)(H,25,29)(H,26,28)/t12-,18+/m1/s1. The highest BCUT2D eigenvalue weighted by atomic mass is 16.2. The molecule has 2 atom stereocenters. The maximum Gasteiger partial charge on any atom is 0.313 e. The summed E-state index contributed by atoms with van der Waals surface area (Å²) < 4.78 is 0. The Morgan fingerprint density at radius 1 is 1.30 bits per heavy atom. The molecule has 4 rings (SSSR count). The van der Waals surface area contributed by atoms with Crippen molar-refractivity contribution in [2.75, 3.05) is 22.9 Å². The van der Waals surface area contributed by atoms with Crippen molar-refractivity contribution in [3.05, 3.63) is 47.2 Å². The second kappa shape index (κ2) is 7.78. The summed E-state index contributed by atoms with van der Waals surface area (Å²) in [6, 6.07) is 7.14. The number of carbonyl (C=O) groups excluding carboxylic acids is 3. The lowest BCUT2D eigenvalue weighted by atomic mass is 9.87. The zero-order chi connectivity index (χ0) is 21.4. The number of aromatic nitrogens is 1. The van der Waals surface area contributed by atoms with Crippen molar-refractivity contribution >= 4 is 34.9 Å². The van der Waals surface area contributed by atoms with E-state index in [9.17, 15) is 14.4 Å². The third kappa shape index (κ3) is 3.72. The van der Waals surface area contributed by atoms with Gasteiger partial charge in [0.2, 0.25) is 5.91 Å². The molecule has 30 heavy (non-hydrogen) atoms. The lowest BCUT2D eigenvalue weighted by molar-refractivity contribution is -0.146. The number of anilines is 3. The Morgan fingerprint density at radius 3 is 2.87 bits per heavy atom. The van der Waals surface area contributed by atoms with Crippen molar-refractivity contribution in [3.8, 4) is 0 Å². The molecule has 1 saturated heterocycles. The minimum atomic E-state index is -0.707. The lowest BCUT2D eigenvalue weighted by Gasteiger charge is -2.39. The number of nitrogens with one attached hydrogen (secondary N) is 2. The normalized spacial score (nSPS) is 20.5. The van der Waals surface area contributed by atoms with Crippen molar-refractivity contribution in [1.29, 1.82) is 0 Å². The van der Waals surface area contributed by atoms with Crippen LogP contribution in [0.1, 0.15) is 42.5 Å². The number of hydrogen-bond acceptors (Lipinski definition) is 5. The van der Waals surface area contributed by atoms with Gasteiger partial charge in [-0.25, -0.2) is 4.98 Å². The van der Waals surface area contributed by atoms with Gasteiger partial charge in [-0.15, -0.1) is 0 Å². The van der Waals surface area contributed by atoms with E-state index in [-0.39, 0.29) is 17.9 Å². The predicted molar refractivity (Wildman–Crippen MR) is 114 cm³/mol. The van der Waals surface area contributed by atoms with Gasteiger partial charge in [-0.05, 0) is 54.5 Å². The van der Waals surface area contributed by atoms with Crippen LogP contribution in [0.15, 0.2) is 30.5 Å². The molecule has 0 bridgehead atoms. The van der Waals surface area contributed by atoms with Gasteiger partial charge in [-0.3, -0.25) is 14.4 Å². The molecule has 4 N–H and O–H groups in total. The first-order valence-corrected chi connectivity index (χ1v) is 10.1. The molecule has 0 radical (unpaired) electrons. The molecule has 0 aliphatic carbocycles. The zero-order valence-electron chi connectivity index (χ0n) is 17.1. The van der Waals surface area contributed by atoms with Crippen LogP contribution in [0.3, 0.4) is 0 Å². The number of nitrogen functional groups attached to an aromatic ring is 1. The molecule has 8 heteroatoms. The maximum atomic E-state index is 13.1. The van der Waals surface area contributed by atoms with Gasteiger partial charge in [0.05, 0.1) is 24.3 Å². The van der Waals surface area contributed by atoms with Gasteiger partial charge < -0.3 is 21.3 Å². The van der Waals surface area contributed by atoms with Crippen LogP contribution in [0.5, 0.6) is 0 Å². The molecule has 3 heterocycles. The molecule has 1 fully saturated rings. The Morgan fingerprint density at radius 2 is 2.10 bits per heavy atom. The SMILES string of the molecule is Cc1cc(NC(=O)C(=O)N2C[C@H](C)CC[C@H]2c2cccc3c2CC(=O)N3)cnc1N. The van der Waals surface area contributed by atoms with Crippen LogP contribution in [0.25, 0.3) is 0 Å². The molecule has 1 aromatic carbocycles. The van der Waals surface area contributed by atoms with Gasteiger partial charge in [0, 0.05) is 12.2 Å². The summed E-state index contributed by atoms with van der Waals surface area (Å²) in [5, 5.41) is 5.49. The highest BCUT2D eigenvalue weighted by Gasteiger charge is 2.36. The van der Waals surface area contributed by atoms with E-state index < -0.39 is 11.8 Å².